The maximum absolute atomic E-state index is 11.8. The van der Waals surface area contributed by atoms with Crippen LogP contribution in [0.4, 0.5) is 5.69 Å². The molecule has 0 heterocycles. The molecule has 0 atom stereocenters. The van der Waals surface area contributed by atoms with Crippen LogP contribution >= 0.6 is 23.4 Å². The number of anilines is 1. The molecule has 0 aliphatic rings. The summed E-state index contributed by atoms with van der Waals surface area (Å²) in [6.07, 6.45) is 0.463. The summed E-state index contributed by atoms with van der Waals surface area (Å²) < 4.78 is 0. The Labute approximate surface area is 122 Å². The Morgan fingerprint density at radius 1 is 1.05 bits per heavy atom. The normalized spacial score (nSPS) is 10.2. The fourth-order valence-corrected chi connectivity index (χ4v) is 2.61. The largest absolute Gasteiger partial charge is 0.325 e. The Hall–Kier alpha value is -1.45. The number of amides is 1. The van der Waals surface area contributed by atoms with Crippen molar-refractivity contribution in [2.75, 3.05) is 11.1 Å². The topological polar surface area (TPSA) is 29.1 Å². The quantitative estimate of drug-likeness (QED) is 0.824. The number of nitrogens with one attached hydrogen (secondary N) is 1. The molecule has 0 aromatic heterocycles. The highest BCUT2D eigenvalue weighted by atomic mass is 35.5. The predicted octanol–water partition coefficient (Wildman–Crippen LogP) is 4.46. The highest BCUT2D eigenvalue weighted by molar-refractivity contribution is 7.99. The molecule has 0 bridgehead atoms. The molecule has 2 aromatic carbocycles. The molecule has 19 heavy (non-hydrogen) atoms. The first-order valence-electron chi connectivity index (χ1n) is 5.98. The molecule has 0 saturated heterocycles. The number of carbonyl (C=O) groups excluding carboxylic acids is 1. The number of halogens is 1. The molecule has 0 radical (unpaired) electrons. The molecular formula is C15H14ClNOS. The fraction of sp³-hybridized carbons (Fsp3) is 0.133. The molecule has 2 nitrogen and oxygen atoms in total. The molecule has 0 aliphatic carbocycles. The average Bonchev–Trinajstić information content (AvgIpc) is 2.43. The van der Waals surface area contributed by atoms with Gasteiger partial charge in [0.25, 0.3) is 0 Å². The van der Waals surface area contributed by atoms with Gasteiger partial charge in [0.2, 0.25) is 5.91 Å². The lowest BCUT2D eigenvalue weighted by atomic mass is 10.3. The van der Waals surface area contributed by atoms with Crippen LogP contribution in [0.5, 0.6) is 0 Å². The molecule has 0 spiro atoms. The first kappa shape index (κ1) is 14.0. The molecular weight excluding hydrogens is 278 g/mol. The summed E-state index contributed by atoms with van der Waals surface area (Å²) in [6.45, 7) is 0. The monoisotopic (exact) mass is 291 g/mol. The Morgan fingerprint density at radius 3 is 2.47 bits per heavy atom. The minimum Gasteiger partial charge on any atom is -0.325 e. The van der Waals surface area contributed by atoms with Crippen molar-refractivity contribution in [1.29, 1.82) is 0 Å². The van der Waals surface area contributed by atoms with Gasteiger partial charge in [0.05, 0.1) is 10.7 Å². The highest BCUT2D eigenvalue weighted by Crippen LogP contribution is 2.21. The van der Waals surface area contributed by atoms with Crippen molar-refractivity contribution in [3.63, 3.8) is 0 Å². The van der Waals surface area contributed by atoms with Gasteiger partial charge >= 0.3 is 0 Å². The van der Waals surface area contributed by atoms with E-state index in [1.54, 1.807) is 23.9 Å². The van der Waals surface area contributed by atoms with Crippen LogP contribution in [0, 0.1) is 0 Å². The van der Waals surface area contributed by atoms with Crippen LogP contribution in [0.25, 0.3) is 0 Å². The molecule has 2 aromatic rings. The van der Waals surface area contributed by atoms with Crippen LogP contribution in [0.3, 0.4) is 0 Å². The van der Waals surface area contributed by atoms with Gasteiger partial charge in [-0.1, -0.05) is 41.9 Å². The van der Waals surface area contributed by atoms with Crippen LogP contribution < -0.4 is 5.32 Å². The third kappa shape index (κ3) is 4.62. The van der Waals surface area contributed by atoms with E-state index in [1.165, 1.54) is 4.90 Å². The zero-order chi connectivity index (χ0) is 13.5. The molecule has 1 amide bonds. The van der Waals surface area contributed by atoms with Gasteiger partial charge in [-0.15, -0.1) is 11.8 Å². The molecule has 0 saturated carbocycles. The zero-order valence-corrected chi connectivity index (χ0v) is 11.9. The third-order valence-corrected chi connectivity index (χ3v) is 3.83. The summed E-state index contributed by atoms with van der Waals surface area (Å²) in [4.78, 5) is 12.9. The number of thioether (sulfide) groups is 1. The van der Waals surface area contributed by atoms with Crippen LogP contribution in [0.1, 0.15) is 6.42 Å². The van der Waals surface area contributed by atoms with E-state index < -0.39 is 0 Å². The van der Waals surface area contributed by atoms with E-state index in [1.807, 2.05) is 42.5 Å². The lowest BCUT2D eigenvalue weighted by Gasteiger charge is -2.06. The highest BCUT2D eigenvalue weighted by Gasteiger charge is 2.05. The van der Waals surface area contributed by atoms with Crippen molar-refractivity contribution in [3.05, 3.63) is 59.6 Å². The summed E-state index contributed by atoms with van der Waals surface area (Å²) in [7, 11) is 0. The number of rotatable bonds is 5. The van der Waals surface area contributed by atoms with Gasteiger partial charge in [-0.3, -0.25) is 4.79 Å². The van der Waals surface area contributed by atoms with Gasteiger partial charge in [-0.2, -0.15) is 0 Å². The average molecular weight is 292 g/mol. The van der Waals surface area contributed by atoms with Gasteiger partial charge in [0.15, 0.2) is 0 Å². The van der Waals surface area contributed by atoms with E-state index in [9.17, 15) is 4.79 Å². The van der Waals surface area contributed by atoms with Crippen molar-refractivity contribution in [3.8, 4) is 0 Å². The van der Waals surface area contributed by atoms with Crippen LogP contribution in [0.15, 0.2) is 59.5 Å². The third-order valence-electron chi connectivity index (χ3n) is 2.49. The zero-order valence-electron chi connectivity index (χ0n) is 10.3. The van der Waals surface area contributed by atoms with Gasteiger partial charge in [-0.25, -0.2) is 0 Å². The minimum atomic E-state index is -0.0171. The summed E-state index contributed by atoms with van der Waals surface area (Å²) in [5, 5.41) is 3.37. The molecule has 2 rings (SSSR count). The van der Waals surface area contributed by atoms with Crippen molar-refractivity contribution in [1.82, 2.24) is 0 Å². The van der Waals surface area contributed by atoms with E-state index in [-0.39, 0.29) is 5.91 Å². The van der Waals surface area contributed by atoms with Crippen molar-refractivity contribution >= 4 is 35.0 Å². The standard InChI is InChI=1S/C15H14ClNOS/c16-13-8-4-5-9-14(13)17-15(18)10-11-19-12-6-2-1-3-7-12/h1-9H,10-11H2,(H,17,18). The number of para-hydroxylation sites is 1. The maximum Gasteiger partial charge on any atom is 0.225 e. The second-order valence-corrected chi connectivity index (χ2v) is 5.52. The molecule has 1 N–H and O–H groups in total. The molecule has 0 unspecified atom stereocenters. The SMILES string of the molecule is O=C(CCSc1ccccc1)Nc1ccccc1Cl. The summed E-state index contributed by atoms with van der Waals surface area (Å²) in [5.41, 5.74) is 0.666. The molecule has 4 heteroatoms. The van der Waals surface area contributed by atoms with E-state index in [2.05, 4.69) is 5.32 Å². The van der Waals surface area contributed by atoms with Crippen molar-refractivity contribution in [2.24, 2.45) is 0 Å². The van der Waals surface area contributed by atoms with Crippen LogP contribution in [-0.2, 0) is 4.79 Å². The summed E-state index contributed by atoms with van der Waals surface area (Å²) >= 11 is 7.65. The number of hydrogen-bond acceptors (Lipinski definition) is 2. The summed E-state index contributed by atoms with van der Waals surface area (Å²) in [5.74, 6) is 0.733. The smallest absolute Gasteiger partial charge is 0.225 e. The maximum atomic E-state index is 11.8. The second kappa shape index (κ2) is 7.22. The molecule has 0 fully saturated rings. The predicted molar refractivity (Wildman–Crippen MR) is 81.9 cm³/mol. The van der Waals surface area contributed by atoms with Gasteiger partial charge in [0.1, 0.15) is 0 Å². The van der Waals surface area contributed by atoms with Crippen LogP contribution in [0.2, 0.25) is 5.02 Å². The Kier molecular flexibility index (Phi) is 5.31. The van der Waals surface area contributed by atoms with E-state index in [4.69, 9.17) is 11.6 Å². The van der Waals surface area contributed by atoms with Gasteiger partial charge in [0, 0.05) is 17.1 Å². The van der Waals surface area contributed by atoms with Gasteiger partial charge in [-0.05, 0) is 24.3 Å². The Bertz CT molecular complexity index is 545. The lowest BCUT2D eigenvalue weighted by molar-refractivity contribution is -0.115. The van der Waals surface area contributed by atoms with Gasteiger partial charge < -0.3 is 5.32 Å². The Balaban J connectivity index is 1.78. The van der Waals surface area contributed by atoms with E-state index >= 15 is 0 Å². The first-order chi connectivity index (χ1) is 9.25. The van der Waals surface area contributed by atoms with Crippen molar-refractivity contribution in [2.45, 2.75) is 11.3 Å². The fourth-order valence-electron chi connectivity index (χ4n) is 1.55. The number of hydrogen-bond donors (Lipinski definition) is 1. The second-order valence-electron chi connectivity index (χ2n) is 3.94. The summed E-state index contributed by atoms with van der Waals surface area (Å²) in [6, 6.07) is 17.3. The minimum absolute atomic E-state index is 0.0171. The van der Waals surface area contributed by atoms with E-state index in [0.29, 0.717) is 17.1 Å². The van der Waals surface area contributed by atoms with Crippen LogP contribution in [-0.4, -0.2) is 11.7 Å². The first-order valence-corrected chi connectivity index (χ1v) is 7.34. The lowest BCUT2D eigenvalue weighted by Crippen LogP contribution is -2.12. The number of carbonyl (C=O) groups is 1. The van der Waals surface area contributed by atoms with Crippen molar-refractivity contribution < 1.29 is 4.79 Å². The Morgan fingerprint density at radius 2 is 1.74 bits per heavy atom. The number of benzene rings is 2. The molecule has 98 valence electrons. The molecule has 0 aliphatic heterocycles. The van der Waals surface area contributed by atoms with E-state index in [0.717, 1.165) is 5.75 Å².